The number of thiophene rings is 1. The van der Waals surface area contributed by atoms with Gasteiger partial charge < -0.3 is 20.1 Å². The molecule has 1 heterocycles. The van der Waals surface area contributed by atoms with Crippen molar-refractivity contribution >= 4 is 22.9 Å². The van der Waals surface area contributed by atoms with E-state index in [9.17, 15) is 9.90 Å². The number of rotatable bonds is 8. The Morgan fingerprint density at radius 3 is 2.54 bits per heavy atom. The number of hydrogen-bond donors (Lipinski definition) is 2. The van der Waals surface area contributed by atoms with E-state index in [1.54, 1.807) is 35.6 Å². The van der Waals surface area contributed by atoms with Crippen molar-refractivity contribution in [2.75, 3.05) is 32.6 Å². The first-order valence-corrected chi connectivity index (χ1v) is 8.65. The van der Waals surface area contributed by atoms with Crippen LogP contribution >= 0.6 is 11.3 Å². The molecule has 0 aliphatic rings. The van der Waals surface area contributed by atoms with E-state index in [4.69, 9.17) is 4.74 Å². The zero-order chi connectivity index (χ0) is 17.5. The summed E-state index contributed by atoms with van der Waals surface area (Å²) >= 11 is 1.63. The SMILES string of the molecule is Cc1ccc(CC(=O)Nc2ccc(OCC(O)CN(C)C)cc2)s1. The molecule has 1 aromatic heterocycles. The van der Waals surface area contributed by atoms with Crippen LogP contribution in [0.5, 0.6) is 5.75 Å². The number of carbonyl (C=O) groups excluding carboxylic acids is 1. The van der Waals surface area contributed by atoms with Crippen molar-refractivity contribution in [2.45, 2.75) is 19.4 Å². The van der Waals surface area contributed by atoms with Crippen molar-refractivity contribution in [1.29, 1.82) is 0 Å². The highest BCUT2D eigenvalue weighted by Crippen LogP contribution is 2.18. The van der Waals surface area contributed by atoms with Gasteiger partial charge in [0.2, 0.25) is 5.91 Å². The molecule has 2 rings (SSSR count). The Morgan fingerprint density at radius 1 is 1.25 bits per heavy atom. The highest BCUT2D eigenvalue weighted by Gasteiger charge is 2.08. The lowest BCUT2D eigenvalue weighted by Crippen LogP contribution is -2.30. The normalized spacial score (nSPS) is 12.2. The average Bonchev–Trinajstić information content (AvgIpc) is 2.91. The van der Waals surface area contributed by atoms with Crippen LogP contribution in [0.25, 0.3) is 0 Å². The lowest BCUT2D eigenvalue weighted by Gasteiger charge is -2.16. The second-order valence-corrected chi connectivity index (χ2v) is 7.36. The minimum absolute atomic E-state index is 0.0353. The van der Waals surface area contributed by atoms with E-state index in [0.717, 1.165) is 10.6 Å². The van der Waals surface area contributed by atoms with Gasteiger partial charge in [0.1, 0.15) is 18.5 Å². The molecule has 1 atom stereocenters. The van der Waals surface area contributed by atoms with E-state index in [1.165, 1.54) is 4.88 Å². The molecule has 24 heavy (non-hydrogen) atoms. The van der Waals surface area contributed by atoms with E-state index >= 15 is 0 Å². The molecule has 5 nitrogen and oxygen atoms in total. The molecule has 2 aromatic rings. The number of benzene rings is 1. The maximum Gasteiger partial charge on any atom is 0.229 e. The summed E-state index contributed by atoms with van der Waals surface area (Å²) in [5, 5.41) is 12.6. The molecule has 0 saturated carbocycles. The number of carbonyl (C=O) groups is 1. The number of hydrogen-bond acceptors (Lipinski definition) is 5. The summed E-state index contributed by atoms with van der Waals surface area (Å²) in [5.41, 5.74) is 0.731. The van der Waals surface area contributed by atoms with Gasteiger partial charge in [-0.05, 0) is 57.4 Å². The third-order valence-corrected chi connectivity index (χ3v) is 4.29. The van der Waals surface area contributed by atoms with Gasteiger partial charge in [0.15, 0.2) is 0 Å². The Labute approximate surface area is 146 Å². The fraction of sp³-hybridized carbons (Fsp3) is 0.389. The molecule has 0 aliphatic carbocycles. The number of ether oxygens (including phenoxy) is 1. The average molecular weight is 348 g/mol. The number of amides is 1. The summed E-state index contributed by atoms with van der Waals surface area (Å²) in [4.78, 5) is 16.2. The van der Waals surface area contributed by atoms with Gasteiger partial charge >= 0.3 is 0 Å². The van der Waals surface area contributed by atoms with Gasteiger partial charge in [-0.3, -0.25) is 4.79 Å². The number of nitrogens with zero attached hydrogens (tertiary/aromatic N) is 1. The van der Waals surface area contributed by atoms with Gasteiger partial charge in [0, 0.05) is 22.0 Å². The topological polar surface area (TPSA) is 61.8 Å². The van der Waals surface area contributed by atoms with Crippen LogP contribution in [0.2, 0.25) is 0 Å². The van der Waals surface area contributed by atoms with E-state index < -0.39 is 6.10 Å². The summed E-state index contributed by atoms with van der Waals surface area (Å²) < 4.78 is 5.54. The quantitative estimate of drug-likeness (QED) is 0.770. The van der Waals surface area contributed by atoms with Crippen LogP contribution in [-0.4, -0.2) is 49.3 Å². The summed E-state index contributed by atoms with van der Waals surface area (Å²) in [6.07, 6.45) is -0.151. The fourth-order valence-electron chi connectivity index (χ4n) is 2.24. The number of nitrogens with one attached hydrogen (secondary N) is 1. The molecular weight excluding hydrogens is 324 g/mol. The molecule has 1 unspecified atom stereocenters. The summed E-state index contributed by atoms with van der Waals surface area (Å²) in [6, 6.07) is 11.2. The molecule has 0 radical (unpaired) electrons. The molecule has 6 heteroatoms. The minimum atomic E-state index is -0.534. The number of aliphatic hydroxyl groups is 1. The molecule has 130 valence electrons. The third-order valence-electron chi connectivity index (χ3n) is 3.29. The molecule has 0 spiro atoms. The van der Waals surface area contributed by atoms with Crippen LogP contribution in [0.3, 0.4) is 0 Å². The second-order valence-electron chi connectivity index (χ2n) is 5.99. The maximum absolute atomic E-state index is 12.0. The van der Waals surface area contributed by atoms with Gasteiger partial charge in [0.05, 0.1) is 6.42 Å². The van der Waals surface area contributed by atoms with E-state index in [1.807, 2.05) is 38.1 Å². The highest BCUT2D eigenvalue weighted by molar-refractivity contribution is 7.12. The van der Waals surface area contributed by atoms with E-state index in [-0.39, 0.29) is 12.5 Å². The maximum atomic E-state index is 12.0. The second kappa shape index (κ2) is 8.82. The first-order chi connectivity index (χ1) is 11.4. The van der Waals surface area contributed by atoms with Crippen LogP contribution in [0, 0.1) is 6.92 Å². The summed E-state index contributed by atoms with van der Waals surface area (Å²) in [7, 11) is 3.80. The first kappa shape index (κ1) is 18.4. The molecule has 0 saturated heterocycles. The van der Waals surface area contributed by atoms with Crippen LogP contribution in [0.15, 0.2) is 36.4 Å². The van der Waals surface area contributed by atoms with Crippen LogP contribution < -0.4 is 10.1 Å². The van der Waals surface area contributed by atoms with Gasteiger partial charge in [0.25, 0.3) is 0 Å². The summed E-state index contributed by atoms with van der Waals surface area (Å²) in [6.45, 7) is 2.82. The monoisotopic (exact) mass is 348 g/mol. The Kier molecular flexibility index (Phi) is 6.78. The molecule has 1 amide bonds. The molecular formula is C18H24N2O3S. The van der Waals surface area contributed by atoms with E-state index in [0.29, 0.717) is 18.7 Å². The van der Waals surface area contributed by atoms with Crippen molar-refractivity contribution < 1.29 is 14.6 Å². The molecule has 0 aliphatic heterocycles. The van der Waals surface area contributed by atoms with Gasteiger partial charge in [-0.1, -0.05) is 0 Å². The largest absolute Gasteiger partial charge is 0.491 e. The number of aliphatic hydroxyl groups excluding tert-OH is 1. The Balaban J connectivity index is 1.80. The Hall–Kier alpha value is -1.89. The zero-order valence-electron chi connectivity index (χ0n) is 14.3. The van der Waals surface area contributed by atoms with Crippen molar-refractivity contribution in [3.63, 3.8) is 0 Å². The number of anilines is 1. The van der Waals surface area contributed by atoms with Gasteiger partial charge in [-0.25, -0.2) is 0 Å². The first-order valence-electron chi connectivity index (χ1n) is 7.83. The van der Waals surface area contributed by atoms with E-state index in [2.05, 4.69) is 5.32 Å². The Morgan fingerprint density at radius 2 is 1.96 bits per heavy atom. The van der Waals surface area contributed by atoms with Gasteiger partial charge in [-0.15, -0.1) is 11.3 Å². The molecule has 0 fully saturated rings. The van der Waals surface area contributed by atoms with Crippen LogP contribution in [-0.2, 0) is 11.2 Å². The molecule has 2 N–H and O–H groups in total. The smallest absolute Gasteiger partial charge is 0.229 e. The molecule has 0 bridgehead atoms. The van der Waals surface area contributed by atoms with Crippen molar-refractivity contribution in [3.05, 3.63) is 46.2 Å². The summed E-state index contributed by atoms with van der Waals surface area (Å²) in [5.74, 6) is 0.631. The van der Waals surface area contributed by atoms with Crippen molar-refractivity contribution in [3.8, 4) is 5.75 Å². The zero-order valence-corrected chi connectivity index (χ0v) is 15.1. The number of likely N-dealkylation sites (N-methyl/N-ethyl adjacent to an activating group) is 1. The fourth-order valence-corrected chi connectivity index (χ4v) is 3.13. The lowest BCUT2D eigenvalue weighted by molar-refractivity contribution is -0.115. The van der Waals surface area contributed by atoms with Crippen LogP contribution in [0.4, 0.5) is 5.69 Å². The predicted molar refractivity (Wildman–Crippen MR) is 97.9 cm³/mol. The van der Waals surface area contributed by atoms with Crippen molar-refractivity contribution in [1.82, 2.24) is 4.90 Å². The standard InChI is InChI=1S/C18H24N2O3S/c1-13-4-9-17(24-13)10-18(22)19-14-5-7-16(8-6-14)23-12-15(21)11-20(2)3/h4-9,15,21H,10-12H2,1-3H3,(H,19,22). The lowest BCUT2D eigenvalue weighted by atomic mass is 10.2. The van der Waals surface area contributed by atoms with Crippen LogP contribution in [0.1, 0.15) is 9.75 Å². The molecule has 1 aromatic carbocycles. The third kappa shape index (κ3) is 6.31. The minimum Gasteiger partial charge on any atom is -0.491 e. The Bertz CT molecular complexity index is 653. The van der Waals surface area contributed by atoms with Crippen molar-refractivity contribution in [2.24, 2.45) is 0 Å². The number of aryl methyl sites for hydroxylation is 1. The predicted octanol–water partition coefficient (Wildman–Crippen LogP) is 2.54. The highest BCUT2D eigenvalue weighted by atomic mass is 32.1. The van der Waals surface area contributed by atoms with Gasteiger partial charge in [-0.2, -0.15) is 0 Å².